The third-order valence-electron chi connectivity index (χ3n) is 2.91. The van der Waals surface area contributed by atoms with Crippen molar-refractivity contribution >= 4 is 34.6 Å². The Balaban J connectivity index is 2.17. The van der Waals surface area contributed by atoms with Gasteiger partial charge in [-0.05, 0) is 35.9 Å². The number of rotatable bonds is 4. The number of nitrogens with zero attached hydrogens (tertiary/aromatic N) is 1. The molecule has 1 N–H and O–H groups in total. The number of hydrogen-bond acceptors (Lipinski definition) is 2. The molecule has 0 bridgehead atoms. The van der Waals surface area contributed by atoms with Gasteiger partial charge in [-0.2, -0.15) is 0 Å². The van der Waals surface area contributed by atoms with Crippen molar-refractivity contribution in [2.24, 2.45) is 0 Å². The van der Waals surface area contributed by atoms with E-state index in [-0.39, 0.29) is 5.02 Å². The molecule has 0 unspecified atom stereocenters. The summed E-state index contributed by atoms with van der Waals surface area (Å²) in [6, 6.07) is 10.3. The molecule has 2 nitrogen and oxygen atoms in total. The van der Waals surface area contributed by atoms with Crippen LogP contribution in [0.15, 0.2) is 36.4 Å². The molecule has 0 aromatic heterocycles. The molecule has 2 aromatic rings. The maximum atomic E-state index is 13.1. The second kappa shape index (κ2) is 6.33. The van der Waals surface area contributed by atoms with Crippen LogP contribution >= 0.6 is 23.2 Å². The van der Waals surface area contributed by atoms with E-state index in [0.717, 1.165) is 16.9 Å². The van der Waals surface area contributed by atoms with Crippen molar-refractivity contribution in [2.45, 2.75) is 6.54 Å². The van der Waals surface area contributed by atoms with Crippen LogP contribution < -0.4 is 10.2 Å². The lowest BCUT2D eigenvalue weighted by Crippen LogP contribution is -2.12. The highest BCUT2D eigenvalue weighted by molar-refractivity contribution is 6.31. The lowest BCUT2D eigenvalue weighted by molar-refractivity contribution is 0.627. The minimum absolute atomic E-state index is 0.128. The summed E-state index contributed by atoms with van der Waals surface area (Å²) in [5, 5.41) is 4.08. The van der Waals surface area contributed by atoms with E-state index in [0.29, 0.717) is 11.6 Å². The largest absolute Gasteiger partial charge is 0.379 e. The molecule has 2 rings (SSSR count). The standard InChI is InChI=1S/C15H15Cl2FN2/c1-20(2)15-6-4-11(16)8-14(15)19-9-10-3-5-13(18)12(17)7-10/h3-8,19H,9H2,1-2H3. The SMILES string of the molecule is CN(C)c1ccc(Cl)cc1NCc1ccc(F)c(Cl)c1. The number of hydrogen-bond donors (Lipinski definition) is 1. The van der Waals surface area contributed by atoms with Gasteiger partial charge in [0.2, 0.25) is 0 Å². The fraction of sp³-hybridized carbons (Fsp3) is 0.200. The Morgan fingerprint density at radius 1 is 1.10 bits per heavy atom. The third-order valence-corrected chi connectivity index (χ3v) is 3.43. The van der Waals surface area contributed by atoms with Crippen LogP contribution in [0.5, 0.6) is 0 Å². The zero-order valence-corrected chi connectivity index (χ0v) is 12.8. The first-order valence-corrected chi connectivity index (χ1v) is 6.87. The summed E-state index contributed by atoms with van der Waals surface area (Å²) in [6.07, 6.45) is 0. The van der Waals surface area contributed by atoms with Gasteiger partial charge in [0.25, 0.3) is 0 Å². The van der Waals surface area contributed by atoms with Crippen LogP contribution in [0.25, 0.3) is 0 Å². The van der Waals surface area contributed by atoms with Gasteiger partial charge in [-0.3, -0.25) is 0 Å². The van der Waals surface area contributed by atoms with Crippen LogP contribution in [0, 0.1) is 5.82 Å². The fourth-order valence-corrected chi connectivity index (χ4v) is 2.26. The van der Waals surface area contributed by atoms with Gasteiger partial charge >= 0.3 is 0 Å². The van der Waals surface area contributed by atoms with Crippen LogP contribution in [0.2, 0.25) is 10.0 Å². The summed E-state index contributed by atoms with van der Waals surface area (Å²) in [6.45, 7) is 0.543. The quantitative estimate of drug-likeness (QED) is 0.871. The molecule has 0 amide bonds. The first kappa shape index (κ1) is 14.9. The molecular formula is C15H15Cl2FN2. The van der Waals surface area contributed by atoms with Gasteiger partial charge in [-0.15, -0.1) is 0 Å². The van der Waals surface area contributed by atoms with Crippen LogP contribution in [0.4, 0.5) is 15.8 Å². The first-order chi connectivity index (χ1) is 9.47. The van der Waals surface area contributed by atoms with Gasteiger partial charge in [0.05, 0.1) is 16.4 Å². The molecule has 106 valence electrons. The summed E-state index contributed by atoms with van der Waals surface area (Å²) < 4.78 is 13.1. The first-order valence-electron chi connectivity index (χ1n) is 6.12. The lowest BCUT2D eigenvalue weighted by Gasteiger charge is -2.19. The van der Waals surface area contributed by atoms with Crippen LogP contribution in [0.3, 0.4) is 0 Å². The van der Waals surface area contributed by atoms with Gasteiger partial charge in [0, 0.05) is 25.7 Å². The summed E-state index contributed by atoms with van der Waals surface area (Å²) in [4.78, 5) is 2.00. The average Bonchev–Trinajstić information content (AvgIpc) is 2.40. The van der Waals surface area contributed by atoms with Crippen molar-refractivity contribution < 1.29 is 4.39 Å². The Hall–Kier alpha value is -1.45. The molecule has 0 saturated carbocycles. The predicted octanol–water partition coefficient (Wildman–Crippen LogP) is 4.81. The third kappa shape index (κ3) is 3.56. The van der Waals surface area contributed by atoms with E-state index in [9.17, 15) is 4.39 Å². The molecule has 0 fully saturated rings. The van der Waals surface area contributed by atoms with Gasteiger partial charge in [-0.25, -0.2) is 4.39 Å². The molecule has 0 aliphatic rings. The van der Waals surface area contributed by atoms with E-state index in [1.54, 1.807) is 12.1 Å². The van der Waals surface area contributed by atoms with Gasteiger partial charge in [-0.1, -0.05) is 29.3 Å². The molecule has 0 aliphatic heterocycles. The van der Waals surface area contributed by atoms with E-state index in [1.165, 1.54) is 6.07 Å². The Kier molecular flexibility index (Phi) is 4.73. The topological polar surface area (TPSA) is 15.3 Å². The molecule has 20 heavy (non-hydrogen) atoms. The average molecular weight is 313 g/mol. The van der Waals surface area contributed by atoms with Gasteiger partial charge < -0.3 is 10.2 Å². The normalized spacial score (nSPS) is 10.4. The molecule has 0 heterocycles. The number of anilines is 2. The number of benzene rings is 2. The summed E-state index contributed by atoms with van der Waals surface area (Å²) in [5.74, 6) is -0.410. The number of halogens is 3. The van der Waals surface area contributed by atoms with E-state index in [1.807, 2.05) is 37.2 Å². The minimum atomic E-state index is -0.410. The smallest absolute Gasteiger partial charge is 0.141 e. The van der Waals surface area contributed by atoms with E-state index in [2.05, 4.69) is 5.32 Å². The Morgan fingerprint density at radius 3 is 2.50 bits per heavy atom. The van der Waals surface area contributed by atoms with E-state index >= 15 is 0 Å². The summed E-state index contributed by atoms with van der Waals surface area (Å²) in [7, 11) is 3.92. The number of nitrogens with one attached hydrogen (secondary N) is 1. The molecule has 0 atom stereocenters. The highest BCUT2D eigenvalue weighted by Gasteiger charge is 2.06. The lowest BCUT2D eigenvalue weighted by atomic mass is 10.2. The Labute approximate surface area is 128 Å². The van der Waals surface area contributed by atoms with Gasteiger partial charge in [0.15, 0.2) is 0 Å². The highest BCUT2D eigenvalue weighted by atomic mass is 35.5. The maximum absolute atomic E-state index is 13.1. The van der Waals surface area contributed by atoms with Crippen LogP contribution in [-0.4, -0.2) is 14.1 Å². The molecule has 0 aliphatic carbocycles. The molecule has 5 heteroatoms. The summed E-state index contributed by atoms with van der Waals surface area (Å²) >= 11 is 11.8. The highest BCUT2D eigenvalue weighted by Crippen LogP contribution is 2.28. The van der Waals surface area contributed by atoms with Gasteiger partial charge in [0.1, 0.15) is 5.82 Å². The predicted molar refractivity (Wildman–Crippen MR) is 84.5 cm³/mol. The Morgan fingerprint density at radius 2 is 1.85 bits per heavy atom. The second-order valence-corrected chi connectivity index (χ2v) is 5.50. The molecule has 2 aromatic carbocycles. The zero-order valence-electron chi connectivity index (χ0n) is 11.3. The van der Waals surface area contributed by atoms with Crippen LogP contribution in [0.1, 0.15) is 5.56 Å². The summed E-state index contributed by atoms with van der Waals surface area (Å²) in [5.41, 5.74) is 2.85. The molecule has 0 spiro atoms. The molecule has 0 radical (unpaired) electrons. The van der Waals surface area contributed by atoms with E-state index < -0.39 is 5.82 Å². The van der Waals surface area contributed by atoms with Crippen LogP contribution in [-0.2, 0) is 6.54 Å². The van der Waals surface area contributed by atoms with Crippen molar-refractivity contribution in [2.75, 3.05) is 24.3 Å². The minimum Gasteiger partial charge on any atom is -0.379 e. The second-order valence-electron chi connectivity index (χ2n) is 4.66. The van der Waals surface area contributed by atoms with E-state index in [4.69, 9.17) is 23.2 Å². The Bertz CT molecular complexity index is 615. The van der Waals surface area contributed by atoms with Crippen molar-refractivity contribution in [3.8, 4) is 0 Å². The molecule has 0 saturated heterocycles. The van der Waals surface area contributed by atoms with Crippen molar-refractivity contribution in [3.05, 3.63) is 57.8 Å². The maximum Gasteiger partial charge on any atom is 0.141 e. The van der Waals surface area contributed by atoms with Crippen molar-refractivity contribution in [1.29, 1.82) is 0 Å². The zero-order chi connectivity index (χ0) is 14.7. The van der Waals surface area contributed by atoms with Crippen molar-refractivity contribution in [1.82, 2.24) is 0 Å². The fourth-order valence-electron chi connectivity index (χ4n) is 1.89. The van der Waals surface area contributed by atoms with Crippen molar-refractivity contribution in [3.63, 3.8) is 0 Å². The molecular weight excluding hydrogens is 298 g/mol. The monoisotopic (exact) mass is 312 g/mol.